The van der Waals surface area contributed by atoms with Crippen LogP contribution in [0.1, 0.15) is 24.0 Å². The highest BCUT2D eigenvalue weighted by Crippen LogP contribution is 2.29. The standard InChI is InChI=1S/C20H20FNO/c21-19-11-9-18(10-12-19)20(23,17-7-2-1-3-8-17)13-6-16-22-14-4-5-15-22/h1-3,7-12,23H,4-5,14-16H2/t20-/m0/s1. The highest BCUT2D eigenvalue weighted by molar-refractivity contribution is 5.44. The van der Waals surface area contributed by atoms with Gasteiger partial charge in [0.25, 0.3) is 0 Å². The summed E-state index contributed by atoms with van der Waals surface area (Å²) in [6.45, 7) is 2.78. The maximum atomic E-state index is 13.2. The number of hydrogen-bond acceptors (Lipinski definition) is 2. The Labute approximate surface area is 136 Å². The molecule has 1 saturated heterocycles. The first kappa shape index (κ1) is 15.7. The molecule has 118 valence electrons. The highest BCUT2D eigenvalue weighted by Gasteiger charge is 2.29. The Bertz CT molecular complexity index is 696. The van der Waals surface area contributed by atoms with Crippen molar-refractivity contribution in [3.05, 3.63) is 71.5 Å². The minimum absolute atomic E-state index is 0.325. The van der Waals surface area contributed by atoms with Gasteiger partial charge in [-0.3, -0.25) is 4.90 Å². The van der Waals surface area contributed by atoms with E-state index in [4.69, 9.17) is 0 Å². The average Bonchev–Trinajstić information content (AvgIpc) is 3.09. The van der Waals surface area contributed by atoms with E-state index in [0.29, 0.717) is 17.7 Å². The molecule has 0 unspecified atom stereocenters. The molecule has 0 spiro atoms. The molecule has 0 aromatic heterocycles. The Kier molecular flexibility index (Phi) is 4.76. The van der Waals surface area contributed by atoms with Gasteiger partial charge in [-0.05, 0) is 38.1 Å². The fraction of sp³-hybridized carbons (Fsp3) is 0.300. The smallest absolute Gasteiger partial charge is 0.176 e. The highest BCUT2D eigenvalue weighted by atomic mass is 19.1. The van der Waals surface area contributed by atoms with Crippen molar-refractivity contribution in [2.24, 2.45) is 0 Å². The predicted octanol–water partition coefficient (Wildman–Crippen LogP) is 3.16. The molecule has 0 aliphatic carbocycles. The van der Waals surface area contributed by atoms with Crippen LogP contribution >= 0.6 is 0 Å². The lowest BCUT2D eigenvalue weighted by atomic mass is 9.87. The lowest BCUT2D eigenvalue weighted by molar-refractivity contribution is 0.145. The predicted molar refractivity (Wildman–Crippen MR) is 89.3 cm³/mol. The molecule has 1 aliphatic rings. The molecule has 0 bridgehead atoms. The summed E-state index contributed by atoms with van der Waals surface area (Å²) in [4.78, 5) is 2.28. The third-order valence-electron chi connectivity index (χ3n) is 4.22. The molecule has 23 heavy (non-hydrogen) atoms. The Balaban J connectivity index is 1.93. The maximum Gasteiger partial charge on any atom is 0.176 e. The monoisotopic (exact) mass is 309 g/mol. The van der Waals surface area contributed by atoms with Gasteiger partial charge in [0.1, 0.15) is 5.82 Å². The van der Waals surface area contributed by atoms with E-state index >= 15 is 0 Å². The van der Waals surface area contributed by atoms with E-state index in [2.05, 4.69) is 16.7 Å². The summed E-state index contributed by atoms with van der Waals surface area (Å²) in [5.41, 5.74) is -0.145. The van der Waals surface area contributed by atoms with Crippen LogP contribution in [0.4, 0.5) is 4.39 Å². The van der Waals surface area contributed by atoms with Gasteiger partial charge in [0.05, 0.1) is 6.54 Å². The van der Waals surface area contributed by atoms with Crippen molar-refractivity contribution < 1.29 is 9.50 Å². The second-order valence-electron chi connectivity index (χ2n) is 5.87. The molecule has 1 heterocycles. The van der Waals surface area contributed by atoms with Crippen LogP contribution in [0.15, 0.2) is 54.6 Å². The van der Waals surface area contributed by atoms with Gasteiger partial charge in [0.15, 0.2) is 5.60 Å². The molecule has 2 aromatic rings. The summed E-state index contributed by atoms with van der Waals surface area (Å²) in [5.74, 6) is 5.80. The van der Waals surface area contributed by atoms with Crippen LogP contribution in [0.5, 0.6) is 0 Å². The Hall–Kier alpha value is -2.15. The molecular formula is C20H20FNO. The molecule has 0 amide bonds. The van der Waals surface area contributed by atoms with Crippen molar-refractivity contribution in [3.8, 4) is 11.8 Å². The zero-order valence-electron chi connectivity index (χ0n) is 13.0. The van der Waals surface area contributed by atoms with Gasteiger partial charge < -0.3 is 5.11 Å². The molecule has 3 rings (SSSR count). The van der Waals surface area contributed by atoms with E-state index in [-0.39, 0.29) is 5.82 Å². The number of rotatable bonds is 3. The quantitative estimate of drug-likeness (QED) is 0.881. The van der Waals surface area contributed by atoms with Crippen LogP contribution in [0.3, 0.4) is 0 Å². The molecule has 3 heteroatoms. The molecule has 2 nitrogen and oxygen atoms in total. The Morgan fingerprint density at radius 3 is 2.22 bits per heavy atom. The number of halogens is 1. The van der Waals surface area contributed by atoms with Crippen LogP contribution in [0.2, 0.25) is 0 Å². The molecule has 0 radical (unpaired) electrons. The van der Waals surface area contributed by atoms with Crippen molar-refractivity contribution in [2.75, 3.05) is 19.6 Å². The van der Waals surface area contributed by atoms with Gasteiger partial charge in [-0.25, -0.2) is 4.39 Å². The summed E-state index contributed by atoms with van der Waals surface area (Å²) in [6.07, 6.45) is 2.42. The zero-order valence-corrected chi connectivity index (χ0v) is 13.0. The van der Waals surface area contributed by atoms with Crippen molar-refractivity contribution in [1.29, 1.82) is 0 Å². The minimum Gasteiger partial charge on any atom is -0.369 e. The van der Waals surface area contributed by atoms with E-state index in [9.17, 15) is 9.50 Å². The van der Waals surface area contributed by atoms with Crippen molar-refractivity contribution in [3.63, 3.8) is 0 Å². The van der Waals surface area contributed by atoms with Crippen LogP contribution < -0.4 is 0 Å². The van der Waals surface area contributed by atoms with E-state index < -0.39 is 5.60 Å². The van der Waals surface area contributed by atoms with Crippen LogP contribution in [0, 0.1) is 17.7 Å². The molecule has 1 fully saturated rings. The number of nitrogens with zero attached hydrogens (tertiary/aromatic N) is 1. The van der Waals surface area contributed by atoms with Gasteiger partial charge >= 0.3 is 0 Å². The second-order valence-corrected chi connectivity index (χ2v) is 5.87. The molecule has 1 N–H and O–H groups in total. The van der Waals surface area contributed by atoms with Gasteiger partial charge in [0.2, 0.25) is 0 Å². The molecule has 1 aliphatic heterocycles. The molecule has 2 aromatic carbocycles. The zero-order chi connectivity index (χ0) is 16.1. The third-order valence-corrected chi connectivity index (χ3v) is 4.22. The average molecular weight is 309 g/mol. The fourth-order valence-corrected chi connectivity index (χ4v) is 2.90. The van der Waals surface area contributed by atoms with Gasteiger partial charge in [-0.2, -0.15) is 0 Å². The number of hydrogen-bond donors (Lipinski definition) is 1. The minimum atomic E-state index is -1.42. The van der Waals surface area contributed by atoms with Crippen molar-refractivity contribution in [2.45, 2.75) is 18.4 Å². The summed E-state index contributed by atoms with van der Waals surface area (Å²) < 4.78 is 13.2. The fourth-order valence-electron chi connectivity index (χ4n) is 2.90. The number of benzene rings is 2. The van der Waals surface area contributed by atoms with E-state index in [1.54, 1.807) is 12.1 Å². The summed E-state index contributed by atoms with van der Waals surface area (Å²) >= 11 is 0. The largest absolute Gasteiger partial charge is 0.369 e. The van der Waals surface area contributed by atoms with Gasteiger partial charge in [0, 0.05) is 11.1 Å². The van der Waals surface area contributed by atoms with Crippen LogP contribution in [-0.4, -0.2) is 29.6 Å². The number of aliphatic hydroxyl groups is 1. The van der Waals surface area contributed by atoms with Crippen LogP contribution in [0.25, 0.3) is 0 Å². The lowest BCUT2D eigenvalue weighted by Gasteiger charge is -2.23. The summed E-state index contributed by atoms with van der Waals surface area (Å²) in [6, 6.07) is 15.2. The summed E-state index contributed by atoms with van der Waals surface area (Å²) in [7, 11) is 0. The second kappa shape index (κ2) is 6.95. The molecule has 0 saturated carbocycles. The normalized spacial score (nSPS) is 17.3. The topological polar surface area (TPSA) is 23.5 Å². The first-order valence-corrected chi connectivity index (χ1v) is 7.95. The van der Waals surface area contributed by atoms with E-state index in [0.717, 1.165) is 13.1 Å². The van der Waals surface area contributed by atoms with Crippen LogP contribution in [-0.2, 0) is 5.60 Å². The Morgan fingerprint density at radius 1 is 0.957 bits per heavy atom. The lowest BCUT2D eigenvalue weighted by Crippen LogP contribution is -2.26. The first-order chi connectivity index (χ1) is 11.2. The van der Waals surface area contributed by atoms with Gasteiger partial charge in [-0.1, -0.05) is 54.3 Å². The van der Waals surface area contributed by atoms with E-state index in [1.165, 1.54) is 25.0 Å². The van der Waals surface area contributed by atoms with Crippen molar-refractivity contribution >= 4 is 0 Å². The third kappa shape index (κ3) is 3.61. The summed E-state index contributed by atoms with van der Waals surface area (Å²) in [5, 5.41) is 11.2. The molecule has 1 atom stereocenters. The maximum absolute atomic E-state index is 13.2. The molecular weight excluding hydrogens is 289 g/mol. The van der Waals surface area contributed by atoms with E-state index in [1.807, 2.05) is 30.3 Å². The van der Waals surface area contributed by atoms with Crippen molar-refractivity contribution in [1.82, 2.24) is 4.90 Å². The first-order valence-electron chi connectivity index (χ1n) is 7.95. The van der Waals surface area contributed by atoms with Gasteiger partial charge in [-0.15, -0.1) is 0 Å². The SMILES string of the molecule is O[C@@](C#CCN1CCCC1)(c1ccccc1)c1ccc(F)cc1. The number of likely N-dealkylation sites (tertiary alicyclic amines) is 1. The Morgan fingerprint density at radius 2 is 1.57 bits per heavy atom.